The summed E-state index contributed by atoms with van der Waals surface area (Å²) in [5, 5.41) is 6.06. The molecule has 36 heavy (non-hydrogen) atoms. The van der Waals surface area contributed by atoms with Gasteiger partial charge in [-0.25, -0.2) is 18.4 Å². The van der Waals surface area contributed by atoms with E-state index in [0.29, 0.717) is 49.4 Å². The first kappa shape index (κ1) is 28.2. The topological polar surface area (TPSA) is 107 Å². The van der Waals surface area contributed by atoms with Crippen molar-refractivity contribution in [1.82, 2.24) is 4.90 Å². The summed E-state index contributed by atoms with van der Waals surface area (Å²) in [5.41, 5.74) is 2.33. The predicted octanol–water partition coefficient (Wildman–Crippen LogP) is 5.31. The van der Waals surface area contributed by atoms with Crippen molar-refractivity contribution in [2.45, 2.75) is 76.2 Å². The Morgan fingerprint density at radius 2 is 1.81 bits per heavy atom. The SMILES string of the molecule is CC(C)(C)OC(=O)N(CCCCC(=O)c1cc2c(c(S(N)(=O)=O)c1)CCC2)CCc1ccccc1Cl. The maximum absolute atomic E-state index is 12.9. The van der Waals surface area contributed by atoms with E-state index in [4.69, 9.17) is 21.5 Å². The summed E-state index contributed by atoms with van der Waals surface area (Å²) in [6.45, 7) is 6.33. The molecule has 0 heterocycles. The van der Waals surface area contributed by atoms with E-state index in [1.807, 2.05) is 45.0 Å². The molecule has 0 spiro atoms. The average molecular weight is 535 g/mol. The van der Waals surface area contributed by atoms with Gasteiger partial charge < -0.3 is 9.64 Å². The third kappa shape index (κ3) is 7.79. The third-order valence-electron chi connectivity index (χ3n) is 6.15. The van der Waals surface area contributed by atoms with Crippen molar-refractivity contribution in [3.63, 3.8) is 0 Å². The number of carbonyl (C=O) groups excluding carboxylic acids is 2. The molecule has 0 atom stereocenters. The first-order chi connectivity index (χ1) is 16.8. The van der Waals surface area contributed by atoms with E-state index in [9.17, 15) is 18.0 Å². The molecule has 2 aromatic carbocycles. The monoisotopic (exact) mass is 534 g/mol. The highest BCUT2D eigenvalue weighted by Crippen LogP contribution is 2.30. The number of rotatable bonds is 10. The second kappa shape index (κ2) is 11.8. The highest BCUT2D eigenvalue weighted by atomic mass is 35.5. The van der Waals surface area contributed by atoms with Crippen LogP contribution < -0.4 is 5.14 Å². The van der Waals surface area contributed by atoms with E-state index < -0.39 is 21.7 Å². The van der Waals surface area contributed by atoms with Gasteiger partial charge in [-0.3, -0.25) is 4.79 Å². The van der Waals surface area contributed by atoms with Gasteiger partial charge in [-0.2, -0.15) is 0 Å². The van der Waals surface area contributed by atoms with Crippen LogP contribution in [0.15, 0.2) is 41.3 Å². The van der Waals surface area contributed by atoms with Crippen LogP contribution in [0.5, 0.6) is 0 Å². The van der Waals surface area contributed by atoms with Gasteiger partial charge in [0.05, 0.1) is 4.90 Å². The van der Waals surface area contributed by atoms with Crippen molar-refractivity contribution in [3.05, 3.63) is 63.7 Å². The van der Waals surface area contributed by atoms with Crippen LogP contribution in [-0.4, -0.2) is 43.9 Å². The molecule has 2 N–H and O–H groups in total. The Hall–Kier alpha value is -2.42. The Balaban J connectivity index is 1.61. The Morgan fingerprint density at radius 1 is 1.08 bits per heavy atom. The smallest absolute Gasteiger partial charge is 0.410 e. The molecular formula is C27H35ClN2O5S. The first-order valence-electron chi connectivity index (χ1n) is 12.3. The number of ketones is 1. The molecule has 0 aliphatic heterocycles. The van der Waals surface area contributed by atoms with Crippen LogP contribution in [0.2, 0.25) is 5.02 Å². The zero-order valence-electron chi connectivity index (χ0n) is 21.2. The molecule has 1 aliphatic carbocycles. The molecule has 0 fully saturated rings. The number of ether oxygens (including phenoxy) is 1. The second-order valence-corrected chi connectivity index (χ2v) is 12.1. The maximum atomic E-state index is 12.9. The quantitative estimate of drug-likeness (QED) is 0.328. The van der Waals surface area contributed by atoms with Gasteiger partial charge in [0, 0.05) is 30.1 Å². The van der Waals surface area contributed by atoms with Gasteiger partial charge in [0.1, 0.15) is 5.60 Å². The number of unbranched alkanes of at least 4 members (excludes halogenated alkanes) is 1. The minimum Gasteiger partial charge on any atom is -0.444 e. The Morgan fingerprint density at radius 3 is 2.47 bits per heavy atom. The van der Waals surface area contributed by atoms with E-state index in [0.717, 1.165) is 29.5 Å². The normalized spacial score (nSPS) is 13.4. The lowest BCUT2D eigenvalue weighted by atomic mass is 10.0. The number of benzene rings is 2. The highest BCUT2D eigenvalue weighted by Gasteiger charge is 2.25. The fraction of sp³-hybridized carbons (Fsp3) is 0.481. The summed E-state index contributed by atoms with van der Waals surface area (Å²) in [7, 11) is -3.90. The number of aryl methyl sites for hydroxylation is 1. The summed E-state index contributed by atoms with van der Waals surface area (Å²) in [5.74, 6) is -0.130. The predicted molar refractivity (Wildman–Crippen MR) is 141 cm³/mol. The minimum atomic E-state index is -3.90. The molecule has 0 aromatic heterocycles. The number of fused-ring (bicyclic) bond motifs is 1. The van der Waals surface area contributed by atoms with Crippen molar-refractivity contribution in [1.29, 1.82) is 0 Å². The number of Topliss-reactive ketones (excluding diaryl/α,β-unsaturated/α-hetero) is 1. The molecule has 9 heteroatoms. The molecule has 0 saturated carbocycles. The number of amides is 1. The number of hydrogen-bond donors (Lipinski definition) is 1. The molecule has 0 unspecified atom stereocenters. The van der Waals surface area contributed by atoms with Gasteiger partial charge in [-0.15, -0.1) is 0 Å². The maximum Gasteiger partial charge on any atom is 0.410 e. The van der Waals surface area contributed by atoms with Crippen LogP contribution in [0.4, 0.5) is 4.79 Å². The Bertz CT molecular complexity index is 1220. The van der Waals surface area contributed by atoms with Crippen molar-refractivity contribution in [3.8, 4) is 0 Å². The van der Waals surface area contributed by atoms with E-state index in [-0.39, 0.29) is 17.1 Å². The molecule has 0 bridgehead atoms. The van der Waals surface area contributed by atoms with Crippen molar-refractivity contribution >= 4 is 33.5 Å². The summed E-state index contributed by atoms with van der Waals surface area (Å²) in [6, 6.07) is 10.7. The molecule has 1 amide bonds. The number of primary sulfonamides is 1. The number of carbonyl (C=O) groups is 2. The van der Waals surface area contributed by atoms with Gasteiger partial charge in [-0.1, -0.05) is 29.8 Å². The van der Waals surface area contributed by atoms with Crippen molar-refractivity contribution in [2.75, 3.05) is 13.1 Å². The second-order valence-electron chi connectivity index (χ2n) is 10.2. The molecule has 1 aliphatic rings. The lowest BCUT2D eigenvalue weighted by Crippen LogP contribution is -2.38. The minimum absolute atomic E-state index is 0.0662. The van der Waals surface area contributed by atoms with Crippen LogP contribution in [-0.2, 0) is 34.0 Å². The average Bonchev–Trinajstić information content (AvgIpc) is 3.25. The molecule has 0 radical (unpaired) electrons. The van der Waals surface area contributed by atoms with Gasteiger partial charge in [0.15, 0.2) is 5.78 Å². The van der Waals surface area contributed by atoms with Gasteiger partial charge in [0.25, 0.3) is 0 Å². The molecule has 7 nitrogen and oxygen atoms in total. The third-order valence-corrected chi connectivity index (χ3v) is 7.49. The number of nitrogens with two attached hydrogens (primary N) is 1. The Labute approximate surface area is 219 Å². The van der Waals surface area contributed by atoms with Gasteiger partial charge >= 0.3 is 6.09 Å². The first-order valence-corrected chi connectivity index (χ1v) is 14.2. The number of hydrogen-bond acceptors (Lipinski definition) is 5. The Kier molecular flexibility index (Phi) is 9.19. The standard InChI is InChI=1S/C27H35ClN2O5S/c1-27(2,3)35-26(32)30(16-14-19-9-4-5-12-23(19)28)15-7-6-13-24(31)21-17-20-10-8-11-22(20)25(18-21)36(29,33)34/h4-5,9,12,17-18H,6-8,10-11,13-16H2,1-3H3,(H2,29,33,34). The molecule has 196 valence electrons. The molecule has 2 aromatic rings. The van der Waals surface area contributed by atoms with E-state index >= 15 is 0 Å². The van der Waals surface area contributed by atoms with E-state index in [1.165, 1.54) is 6.07 Å². The number of sulfonamides is 1. The van der Waals surface area contributed by atoms with Crippen LogP contribution in [0.1, 0.15) is 73.5 Å². The van der Waals surface area contributed by atoms with Crippen molar-refractivity contribution in [2.24, 2.45) is 5.14 Å². The molecule has 3 rings (SSSR count). The zero-order chi connectivity index (χ0) is 26.5. The summed E-state index contributed by atoms with van der Waals surface area (Å²) >= 11 is 6.27. The zero-order valence-corrected chi connectivity index (χ0v) is 22.8. The summed E-state index contributed by atoms with van der Waals surface area (Å²) in [6.07, 6.45) is 3.83. The van der Waals surface area contributed by atoms with Gasteiger partial charge in [-0.05, 0) is 94.2 Å². The van der Waals surface area contributed by atoms with Crippen LogP contribution in [0, 0.1) is 0 Å². The van der Waals surface area contributed by atoms with Crippen LogP contribution >= 0.6 is 11.6 Å². The fourth-order valence-electron chi connectivity index (χ4n) is 4.39. The lowest BCUT2D eigenvalue weighted by molar-refractivity contribution is 0.0249. The van der Waals surface area contributed by atoms with Crippen molar-refractivity contribution < 1.29 is 22.7 Å². The largest absolute Gasteiger partial charge is 0.444 e. The molecule has 0 saturated heterocycles. The lowest BCUT2D eigenvalue weighted by Gasteiger charge is -2.27. The molecular weight excluding hydrogens is 500 g/mol. The number of halogens is 1. The summed E-state index contributed by atoms with van der Waals surface area (Å²) < 4.78 is 29.7. The summed E-state index contributed by atoms with van der Waals surface area (Å²) in [4.78, 5) is 27.4. The number of nitrogens with zero attached hydrogens (tertiary/aromatic N) is 1. The van der Waals surface area contributed by atoms with E-state index in [2.05, 4.69) is 0 Å². The van der Waals surface area contributed by atoms with Crippen LogP contribution in [0.3, 0.4) is 0 Å². The fourth-order valence-corrected chi connectivity index (χ4v) is 5.49. The van der Waals surface area contributed by atoms with Crippen LogP contribution in [0.25, 0.3) is 0 Å². The van der Waals surface area contributed by atoms with E-state index in [1.54, 1.807) is 11.0 Å². The van der Waals surface area contributed by atoms with Gasteiger partial charge in [0.2, 0.25) is 10.0 Å². The highest BCUT2D eigenvalue weighted by molar-refractivity contribution is 7.89.